The summed E-state index contributed by atoms with van der Waals surface area (Å²) in [6, 6.07) is 0. The van der Waals surface area contributed by atoms with Crippen LogP contribution in [0.3, 0.4) is 0 Å². The molecule has 0 spiro atoms. The van der Waals surface area contributed by atoms with Crippen molar-refractivity contribution in [1.82, 2.24) is 9.88 Å². The Hall–Kier alpha value is -1.62. The minimum absolute atomic E-state index is 0.0144. The molecule has 0 atom stereocenters. The fourth-order valence-electron chi connectivity index (χ4n) is 2.94. The van der Waals surface area contributed by atoms with Gasteiger partial charge in [0.15, 0.2) is 0 Å². The quantitative estimate of drug-likeness (QED) is 0.626. The third kappa shape index (κ3) is 3.56. The number of likely N-dealkylation sites (tertiary alicyclic amines) is 1. The van der Waals surface area contributed by atoms with Gasteiger partial charge in [-0.15, -0.1) is 0 Å². The molecule has 1 aromatic heterocycles. The third-order valence-electron chi connectivity index (χ3n) is 4.45. The predicted molar refractivity (Wildman–Crippen MR) is 102 cm³/mol. The lowest BCUT2D eigenvalue weighted by atomic mass is 9.91. The van der Waals surface area contributed by atoms with Crippen molar-refractivity contribution >= 4 is 29.3 Å². The van der Waals surface area contributed by atoms with Crippen molar-refractivity contribution in [1.29, 1.82) is 0 Å². The van der Waals surface area contributed by atoms with E-state index in [1.54, 1.807) is 0 Å². The first-order valence-corrected chi connectivity index (χ1v) is 8.65. The Bertz CT molecular complexity index is 720. The average Bonchev–Trinajstić information content (AvgIpc) is 2.80. The van der Waals surface area contributed by atoms with Crippen molar-refractivity contribution in [3.05, 3.63) is 28.2 Å². The van der Waals surface area contributed by atoms with Gasteiger partial charge in [-0.05, 0) is 58.2 Å². The number of carbonyl (C=O) groups excluding carboxylic acids is 1. The minimum atomic E-state index is -0.511. The average molecular weight is 349 g/mol. The number of aromatic nitrogens is 1. The molecule has 0 aliphatic carbocycles. The zero-order valence-corrected chi connectivity index (χ0v) is 16.8. The van der Waals surface area contributed by atoms with E-state index >= 15 is 0 Å². The summed E-state index contributed by atoms with van der Waals surface area (Å²) >= 11 is 5.54. The van der Waals surface area contributed by atoms with Gasteiger partial charge >= 0.3 is 5.97 Å². The van der Waals surface area contributed by atoms with Gasteiger partial charge in [0.05, 0.1) is 4.99 Å². The maximum absolute atomic E-state index is 12.4. The fourth-order valence-corrected chi connectivity index (χ4v) is 3.12. The monoisotopic (exact) mass is 348 g/mol. The molecule has 24 heavy (non-hydrogen) atoms. The van der Waals surface area contributed by atoms with Crippen LogP contribution in [0.4, 0.5) is 0 Å². The van der Waals surface area contributed by atoms with Gasteiger partial charge in [0, 0.05) is 23.9 Å². The van der Waals surface area contributed by atoms with Crippen molar-refractivity contribution in [2.45, 2.75) is 60.5 Å². The number of rotatable bonds is 2. The molecular weight excluding hydrogens is 320 g/mol. The zero-order chi connectivity index (χ0) is 18.4. The molecule has 2 rings (SSSR count). The number of H-pyrrole nitrogens is 1. The van der Waals surface area contributed by atoms with E-state index in [4.69, 9.17) is 17.0 Å². The van der Waals surface area contributed by atoms with Crippen molar-refractivity contribution in [2.75, 3.05) is 7.05 Å². The van der Waals surface area contributed by atoms with Gasteiger partial charge in [-0.25, -0.2) is 4.79 Å². The van der Waals surface area contributed by atoms with Gasteiger partial charge in [0.1, 0.15) is 11.3 Å². The van der Waals surface area contributed by atoms with Gasteiger partial charge in [0.25, 0.3) is 0 Å². The molecule has 0 unspecified atom stereocenters. The van der Waals surface area contributed by atoms with Crippen LogP contribution in [0.5, 0.6) is 0 Å². The van der Waals surface area contributed by atoms with Gasteiger partial charge in [-0.2, -0.15) is 0 Å². The Morgan fingerprint density at radius 2 is 1.88 bits per heavy atom. The lowest BCUT2D eigenvalue weighted by Gasteiger charge is -2.19. The number of aromatic amines is 1. The number of allylic oxidation sites excluding steroid dienone is 1. The summed E-state index contributed by atoms with van der Waals surface area (Å²) in [4.78, 5) is 18.7. The number of esters is 1. The number of nitrogens with zero attached hydrogens (tertiary/aromatic N) is 1. The molecule has 1 aliphatic rings. The van der Waals surface area contributed by atoms with E-state index in [9.17, 15) is 4.79 Å². The Labute approximate surface area is 150 Å². The summed E-state index contributed by atoms with van der Waals surface area (Å²) in [5, 5.41) is 0. The predicted octanol–water partition coefficient (Wildman–Crippen LogP) is 4.62. The molecule has 5 heteroatoms. The Morgan fingerprint density at radius 1 is 1.29 bits per heavy atom. The van der Waals surface area contributed by atoms with E-state index in [2.05, 4.69) is 29.8 Å². The smallest absolute Gasteiger partial charge is 0.355 e. The van der Waals surface area contributed by atoms with E-state index in [0.717, 1.165) is 33.9 Å². The van der Waals surface area contributed by atoms with Crippen LogP contribution in [0.1, 0.15) is 68.3 Å². The number of nitrogens with one attached hydrogen (secondary N) is 1. The molecule has 1 aromatic rings. The second kappa shape index (κ2) is 6.03. The van der Waals surface area contributed by atoms with Crippen LogP contribution in [0, 0.1) is 19.3 Å². The van der Waals surface area contributed by atoms with Crippen LogP contribution in [-0.2, 0) is 4.74 Å². The standard InChI is InChI=1S/C19H28N2O2S/c1-11-12(2)15(16(22)23-18(3,4)5)20-14(11)9-13-10-19(6,7)17(24)21(13)8/h9,20H,10H2,1-8H3/b13-9+. The maximum Gasteiger partial charge on any atom is 0.355 e. The fraction of sp³-hybridized carbons (Fsp3) is 0.579. The Morgan fingerprint density at radius 3 is 2.33 bits per heavy atom. The normalized spacial score (nSPS) is 19.2. The van der Waals surface area contributed by atoms with Crippen LogP contribution in [-0.4, -0.2) is 33.5 Å². The van der Waals surface area contributed by atoms with Crippen LogP contribution in [0.2, 0.25) is 0 Å². The highest BCUT2D eigenvalue weighted by Crippen LogP contribution is 2.39. The molecular formula is C19H28N2O2S. The SMILES string of the molecule is Cc1c(/C=C2\CC(C)(C)C(=S)N2C)[nH]c(C(=O)OC(C)(C)C)c1C. The molecule has 0 radical (unpaired) electrons. The molecule has 0 saturated carbocycles. The molecule has 1 N–H and O–H groups in total. The zero-order valence-electron chi connectivity index (χ0n) is 16.0. The van der Waals surface area contributed by atoms with E-state index in [-0.39, 0.29) is 11.4 Å². The van der Waals surface area contributed by atoms with Crippen LogP contribution in [0.15, 0.2) is 5.70 Å². The molecule has 1 fully saturated rings. The van der Waals surface area contributed by atoms with Crippen LogP contribution in [0.25, 0.3) is 6.08 Å². The van der Waals surface area contributed by atoms with E-state index < -0.39 is 5.60 Å². The molecule has 132 valence electrons. The topological polar surface area (TPSA) is 45.3 Å². The van der Waals surface area contributed by atoms with E-state index in [1.165, 1.54) is 0 Å². The lowest BCUT2D eigenvalue weighted by molar-refractivity contribution is 0.00627. The summed E-state index contributed by atoms with van der Waals surface area (Å²) in [7, 11) is 2.00. The highest BCUT2D eigenvalue weighted by atomic mass is 32.1. The maximum atomic E-state index is 12.4. The molecule has 2 heterocycles. The first kappa shape index (κ1) is 18.7. The highest BCUT2D eigenvalue weighted by Gasteiger charge is 2.36. The molecule has 1 saturated heterocycles. The summed E-state index contributed by atoms with van der Waals surface area (Å²) in [5.74, 6) is -0.316. The molecule has 0 aromatic carbocycles. The highest BCUT2D eigenvalue weighted by molar-refractivity contribution is 7.80. The van der Waals surface area contributed by atoms with Crippen LogP contribution < -0.4 is 0 Å². The summed E-state index contributed by atoms with van der Waals surface area (Å²) in [6.07, 6.45) is 2.98. The minimum Gasteiger partial charge on any atom is -0.455 e. The van der Waals surface area contributed by atoms with Gasteiger partial charge in [-0.1, -0.05) is 26.1 Å². The van der Waals surface area contributed by atoms with E-state index in [0.29, 0.717) is 5.69 Å². The molecule has 1 aliphatic heterocycles. The lowest BCUT2D eigenvalue weighted by Crippen LogP contribution is -2.24. The van der Waals surface area contributed by atoms with Crippen molar-refractivity contribution in [3.8, 4) is 0 Å². The molecule has 0 bridgehead atoms. The number of carbonyl (C=O) groups is 1. The number of ether oxygens (including phenoxy) is 1. The first-order valence-electron chi connectivity index (χ1n) is 8.25. The van der Waals surface area contributed by atoms with Crippen LogP contribution >= 0.6 is 12.2 Å². The largest absolute Gasteiger partial charge is 0.455 e. The van der Waals surface area contributed by atoms with Crippen molar-refractivity contribution < 1.29 is 9.53 Å². The first-order chi connectivity index (χ1) is 10.8. The third-order valence-corrected chi connectivity index (χ3v) is 5.28. The van der Waals surface area contributed by atoms with Crippen molar-refractivity contribution in [2.24, 2.45) is 5.41 Å². The second-order valence-electron chi connectivity index (χ2n) is 8.23. The summed E-state index contributed by atoms with van der Waals surface area (Å²) in [5.41, 5.74) is 4.09. The summed E-state index contributed by atoms with van der Waals surface area (Å²) in [6.45, 7) is 13.9. The van der Waals surface area contributed by atoms with E-state index in [1.807, 2.05) is 41.7 Å². The van der Waals surface area contributed by atoms with Gasteiger partial charge in [-0.3, -0.25) is 0 Å². The van der Waals surface area contributed by atoms with Gasteiger partial charge < -0.3 is 14.6 Å². The van der Waals surface area contributed by atoms with Crippen molar-refractivity contribution in [3.63, 3.8) is 0 Å². The second-order valence-corrected chi connectivity index (χ2v) is 8.61. The summed E-state index contributed by atoms with van der Waals surface area (Å²) < 4.78 is 5.49. The Kier molecular flexibility index (Phi) is 4.70. The number of thiocarbonyl (C=S) groups is 1. The van der Waals surface area contributed by atoms with Gasteiger partial charge in [0.2, 0.25) is 0 Å². The number of hydrogen-bond donors (Lipinski definition) is 1. The molecule has 4 nitrogen and oxygen atoms in total. The Balaban J connectivity index is 2.37. The molecule has 0 amide bonds. The number of hydrogen-bond acceptors (Lipinski definition) is 3.